The van der Waals surface area contributed by atoms with Crippen LogP contribution in [0.15, 0.2) is 42.5 Å². The van der Waals surface area contributed by atoms with Crippen molar-refractivity contribution in [1.82, 2.24) is 5.32 Å². The van der Waals surface area contributed by atoms with Gasteiger partial charge in [-0.05, 0) is 37.1 Å². The predicted molar refractivity (Wildman–Crippen MR) is 94.4 cm³/mol. The molecule has 0 spiro atoms. The molecule has 0 saturated carbocycles. The van der Waals surface area contributed by atoms with Crippen molar-refractivity contribution in [2.24, 2.45) is 0 Å². The van der Waals surface area contributed by atoms with Crippen molar-refractivity contribution < 1.29 is 23.5 Å². The van der Waals surface area contributed by atoms with E-state index in [0.717, 1.165) is 11.6 Å². The number of aryl methyl sites for hydroxylation is 1. The molecule has 0 aliphatic heterocycles. The third kappa shape index (κ3) is 4.99. The quantitative estimate of drug-likeness (QED) is 0.635. The van der Waals surface area contributed by atoms with Crippen molar-refractivity contribution >= 4 is 17.7 Å². The van der Waals surface area contributed by atoms with Crippen LogP contribution in [0.2, 0.25) is 0 Å². The van der Waals surface area contributed by atoms with Crippen LogP contribution in [0.4, 0.5) is 4.39 Å². The lowest BCUT2D eigenvalue weighted by Crippen LogP contribution is -2.23. The van der Waals surface area contributed by atoms with Crippen LogP contribution in [0, 0.1) is 12.7 Å². The minimum absolute atomic E-state index is 0.0559. The maximum absolute atomic E-state index is 13.5. The van der Waals surface area contributed by atoms with E-state index in [9.17, 15) is 18.8 Å². The molecule has 0 heterocycles. The van der Waals surface area contributed by atoms with Crippen LogP contribution < -0.4 is 5.32 Å². The van der Waals surface area contributed by atoms with Crippen molar-refractivity contribution in [2.45, 2.75) is 26.8 Å². The van der Waals surface area contributed by atoms with Gasteiger partial charge in [0.2, 0.25) is 5.91 Å². The molecule has 2 aromatic carbocycles. The first-order valence-corrected chi connectivity index (χ1v) is 8.11. The first-order valence-electron chi connectivity index (χ1n) is 8.11. The van der Waals surface area contributed by atoms with Gasteiger partial charge in [-0.25, -0.2) is 9.18 Å². The molecule has 0 unspecified atom stereocenters. The van der Waals surface area contributed by atoms with E-state index in [1.54, 1.807) is 31.2 Å². The molecule has 0 bridgehead atoms. The van der Waals surface area contributed by atoms with Gasteiger partial charge in [0.05, 0.1) is 11.6 Å². The Balaban J connectivity index is 1.96. The summed E-state index contributed by atoms with van der Waals surface area (Å²) in [5.74, 6) is -1.77. The molecular formula is C20H20FNO4. The van der Waals surface area contributed by atoms with Gasteiger partial charge in [-0.15, -0.1) is 0 Å². The SMILES string of the molecule is CC(=O)N[C@H](C)c1ccc(C(=O)COC(=O)c2ccc(C)c(F)c2)cc1. The third-order valence-corrected chi connectivity index (χ3v) is 3.89. The number of hydrogen-bond donors (Lipinski definition) is 1. The highest BCUT2D eigenvalue weighted by Crippen LogP contribution is 2.14. The number of carbonyl (C=O) groups excluding carboxylic acids is 3. The Morgan fingerprint density at radius 3 is 2.27 bits per heavy atom. The van der Waals surface area contributed by atoms with Gasteiger partial charge in [-0.3, -0.25) is 9.59 Å². The van der Waals surface area contributed by atoms with Crippen LogP contribution in [-0.2, 0) is 9.53 Å². The zero-order valence-electron chi connectivity index (χ0n) is 14.8. The summed E-state index contributed by atoms with van der Waals surface area (Å²) >= 11 is 0. The zero-order valence-corrected chi connectivity index (χ0v) is 14.8. The number of halogens is 1. The molecule has 5 nitrogen and oxygen atoms in total. The van der Waals surface area contributed by atoms with Crippen LogP contribution >= 0.6 is 0 Å². The number of amides is 1. The summed E-state index contributed by atoms with van der Waals surface area (Å²) in [6.07, 6.45) is 0. The fourth-order valence-electron chi connectivity index (χ4n) is 2.36. The van der Waals surface area contributed by atoms with E-state index in [2.05, 4.69) is 5.32 Å². The first-order chi connectivity index (χ1) is 12.3. The lowest BCUT2D eigenvalue weighted by atomic mass is 10.0. The summed E-state index contributed by atoms with van der Waals surface area (Å²) in [5.41, 5.74) is 1.71. The Labute approximate surface area is 151 Å². The highest BCUT2D eigenvalue weighted by atomic mass is 19.1. The molecule has 0 radical (unpaired) electrons. The van der Waals surface area contributed by atoms with Gasteiger partial charge in [-0.2, -0.15) is 0 Å². The standard InChI is InChI=1S/C20H20FNO4/c1-12-4-5-17(10-18(12)21)20(25)26-11-19(24)16-8-6-15(7-9-16)13(2)22-14(3)23/h4-10,13H,11H2,1-3H3,(H,22,23)/t13-/m1/s1. The molecule has 26 heavy (non-hydrogen) atoms. The molecule has 1 amide bonds. The van der Waals surface area contributed by atoms with Gasteiger partial charge in [0.15, 0.2) is 12.4 Å². The highest BCUT2D eigenvalue weighted by Gasteiger charge is 2.14. The average Bonchev–Trinajstić information content (AvgIpc) is 2.61. The number of esters is 1. The molecule has 0 aliphatic carbocycles. The number of benzene rings is 2. The molecule has 2 aromatic rings. The average molecular weight is 357 g/mol. The summed E-state index contributed by atoms with van der Waals surface area (Å²) < 4.78 is 18.4. The molecule has 2 rings (SSSR count). The molecule has 0 aliphatic rings. The van der Waals surface area contributed by atoms with Gasteiger partial charge in [-0.1, -0.05) is 30.3 Å². The van der Waals surface area contributed by atoms with Gasteiger partial charge in [0, 0.05) is 12.5 Å². The van der Waals surface area contributed by atoms with Crippen LogP contribution in [0.3, 0.4) is 0 Å². The second kappa shape index (κ2) is 8.38. The summed E-state index contributed by atoms with van der Waals surface area (Å²) in [4.78, 5) is 35.1. The van der Waals surface area contributed by atoms with Crippen LogP contribution in [0.25, 0.3) is 0 Å². The third-order valence-electron chi connectivity index (χ3n) is 3.89. The normalized spacial score (nSPS) is 11.5. The molecule has 0 aromatic heterocycles. The number of carbonyl (C=O) groups is 3. The minimum Gasteiger partial charge on any atom is -0.454 e. The number of ketones is 1. The van der Waals surface area contributed by atoms with Gasteiger partial charge in [0.25, 0.3) is 0 Å². The van der Waals surface area contributed by atoms with E-state index in [1.165, 1.54) is 19.1 Å². The van der Waals surface area contributed by atoms with Crippen LogP contribution in [-0.4, -0.2) is 24.3 Å². The Bertz CT molecular complexity index is 830. The smallest absolute Gasteiger partial charge is 0.338 e. The molecule has 0 saturated heterocycles. The number of hydrogen-bond acceptors (Lipinski definition) is 4. The number of Topliss-reactive ketones (excluding diaryl/α,β-unsaturated/α-hetero) is 1. The monoisotopic (exact) mass is 357 g/mol. The maximum Gasteiger partial charge on any atom is 0.338 e. The first kappa shape index (κ1) is 19.3. The molecule has 0 fully saturated rings. The summed E-state index contributed by atoms with van der Waals surface area (Å²) in [6, 6.07) is 10.5. The molecule has 136 valence electrons. The number of rotatable bonds is 6. The molecule has 1 N–H and O–H groups in total. The second-order valence-electron chi connectivity index (χ2n) is 6.01. The Morgan fingerprint density at radius 2 is 1.69 bits per heavy atom. The largest absolute Gasteiger partial charge is 0.454 e. The zero-order chi connectivity index (χ0) is 19.3. The minimum atomic E-state index is -0.756. The Kier molecular flexibility index (Phi) is 6.22. The van der Waals surface area contributed by atoms with Crippen LogP contribution in [0.1, 0.15) is 51.7 Å². The van der Waals surface area contributed by atoms with Crippen molar-refractivity contribution in [1.29, 1.82) is 0 Å². The van der Waals surface area contributed by atoms with Crippen molar-refractivity contribution in [3.63, 3.8) is 0 Å². The van der Waals surface area contributed by atoms with E-state index >= 15 is 0 Å². The second-order valence-corrected chi connectivity index (χ2v) is 6.01. The lowest BCUT2D eigenvalue weighted by Gasteiger charge is -2.13. The van der Waals surface area contributed by atoms with E-state index in [1.807, 2.05) is 6.92 Å². The number of ether oxygens (including phenoxy) is 1. The van der Waals surface area contributed by atoms with Crippen molar-refractivity contribution in [3.8, 4) is 0 Å². The fraction of sp³-hybridized carbons (Fsp3) is 0.250. The topological polar surface area (TPSA) is 72.5 Å². The van der Waals surface area contributed by atoms with Gasteiger partial charge >= 0.3 is 5.97 Å². The maximum atomic E-state index is 13.5. The lowest BCUT2D eigenvalue weighted by molar-refractivity contribution is -0.119. The predicted octanol–water partition coefficient (Wildman–Crippen LogP) is 3.37. The fourth-order valence-corrected chi connectivity index (χ4v) is 2.36. The van der Waals surface area contributed by atoms with Gasteiger partial charge < -0.3 is 10.1 Å². The van der Waals surface area contributed by atoms with Crippen molar-refractivity contribution in [3.05, 3.63) is 70.5 Å². The number of nitrogens with one attached hydrogen (secondary N) is 1. The molecular weight excluding hydrogens is 337 g/mol. The van der Waals surface area contributed by atoms with Crippen molar-refractivity contribution in [2.75, 3.05) is 6.61 Å². The van der Waals surface area contributed by atoms with Crippen LogP contribution in [0.5, 0.6) is 0 Å². The van der Waals surface area contributed by atoms with E-state index in [-0.39, 0.29) is 23.3 Å². The van der Waals surface area contributed by atoms with Gasteiger partial charge in [0.1, 0.15) is 5.82 Å². The summed E-state index contributed by atoms with van der Waals surface area (Å²) in [5, 5.41) is 2.75. The van der Waals surface area contributed by atoms with E-state index in [0.29, 0.717) is 11.1 Å². The van der Waals surface area contributed by atoms with E-state index in [4.69, 9.17) is 4.74 Å². The Morgan fingerprint density at radius 1 is 1.08 bits per heavy atom. The summed E-state index contributed by atoms with van der Waals surface area (Å²) in [6.45, 7) is 4.42. The molecule has 1 atom stereocenters. The molecule has 6 heteroatoms. The Hall–Kier alpha value is -3.02. The van der Waals surface area contributed by atoms with E-state index < -0.39 is 18.4 Å². The summed E-state index contributed by atoms with van der Waals surface area (Å²) in [7, 11) is 0. The highest BCUT2D eigenvalue weighted by molar-refractivity contribution is 5.99.